The first-order valence-electron chi connectivity index (χ1n) is 5.66. The highest BCUT2D eigenvalue weighted by Crippen LogP contribution is 2.29. The fourth-order valence-corrected chi connectivity index (χ4v) is 1.94. The fourth-order valence-electron chi connectivity index (χ4n) is 1.94. The first-order valence-corrected chi connectivity index (χ1v) is 5.66. The normalized spacial score (nSPS) is 22.4. The molecule has 0 aliphatic carbocycles. The molecule has 2 heterocycles. The first-order chi connectivity index (χ1) is 8.91. The minimum atomic E-state index is -1.82. The van der Waals surface area contributed by atoms with Crippen molar-refractivity contribution in [3.63, 3.8) is 0 Å². The van der Waals surface area contributed by atoms with Crippen LogP contribution in [0.25, 0.3) is 0 Å². The van der Waals surface area contributed by atoms with E-state index in [1.165, 1.54) is 5.56 Å². The number of likely N-dealkylation sites (N-methyl/N-ethyl adjacent to an activating group) is 1. The number of hydrogen-bond donors (Lipinski definition) is 3. The lowest BCUT2D eigenvalue weighted by atomic mass is 10.1. The molecule has 2 atom stereocenters. The third-order valence-electron chi connectivity index (χ3n) is 2.78. The molecule has 1 aromatic heterocycles. The lowest BCUT2D eigenvalue weighted by Crippen LogP contribution is -2.19. The maximum Gasteiger partial charge on any atom is 0.414 e. The van der Waals surface area contributed by atoms with Crippen LogP contribution in [0.5, 0.6) is 0 Å². The van der Waals surface area contributed by atoms with Crippen molar-refractivity contribution in [1.82, 2.24) is 9.88 Å². The number of β-amino-alcohol motifs (C(OH)–C–C–N with tert-alkyl or cyclic N) is 1. The summed E-state index contributed by atoms with van der Waals surface area (Å²) in [7, 11) is 2.04. The van der Waals surface area contributed by atoms with Crippen LogP contribution >= 0.6 is 0 Å². The van der Waals surface area contributed by atoms with E-state index in [2.05, 4.69) is 16.0 Å². The van der Waals surface area contributed by atoms with Gasteiger partial charge in [0, 0.05) is 25.0 Å². The number of carboxylic acids is 2. The van der Waals surface area contributed by atoms with Crippen molar-refractivity contribution in [2.45, 2.75) is 18.6 Å². The summed E-state index contributed by atoms with van der Waals surface area (Å²) in [5.74, 6) is -3.65. The van der Waals surface area contributed by atoms with Crippen LogP contribution in [0.3, 0.4) is 0 Å². The average Bonchev–Trinajstić information content (AvgIpc) is 2.70. The van der Waals surface area contributed by atoms with Gasteiger partial charge in [0.2, 0.25) is 0 Å². The topological polar surface area (TPSA) is 111 Å². The zero-order chi connectivity index (χ0) is 14.4. The largest absolute Gasteiger partial charge is 0.473 e. The highest BCUT2D eigenvalue weighted by Gasteiger charge is 2.28. The van der Waals surface area contributed by atoms with E-state index in [1.807, 2.05) is 19.3 Å². The van der Waals surface area contributed by atoms with Gasteiger partial charge in [-0.05, 0) is 25.1 Å². The summed E-state index contributed by atoms with van der Waals surface area (Å²) in [6.07, 6.45) is 4.28. The van der Waals surface area contributed by atoms with E-state index in [4.69, 9.17) is 19.8 Å². The summed E-state index contributed by atoms with van der Waals surface area (Å²) < 4.78 is 0. The van der Waals surface area contributed by atoms with Gasteiger partial charge in [0.05, 0.1) is 6.10 Å². The maximum absolute atomic E-state index is 9.47. The van der Waals surface area contributed by atoms with Gasteiger partial charge >= 0.3 is 11.9 Å². The Hall–Kier alpha value is -1.99. The van der Waals surface area contributed by atoms with E-state index < -0.39 is 11.9 Å². The molecular formula is C12H16N2O5. The highest BCUT2D eigenvalue weighted by molar-refractivity contribution is 6.27. The molecule has 0 radical (unpaired) electrons. The second-order valence-electron chi connectivity index (χ2n) is 4.24. The van der Waals surface area contributed by atoms with Gasteiger partial charge in [0.25, 0.3) is 0 Å². The fraction of sp³-hybridized carbons (Fsp3) is 0.417. The second-order valence-corrected chi connectivity index (χ2v) is 4.24. The van der Waals surface area contributed by atoms with E-state index in [1.54, 1.807) is 6.20 Å². The summed E-state index contributed by atoms with van der Waals surface area (Å²) in [6, 6.07) is 4.34. The molecule has 1 unspecified atom stereocenters. The molecule has 104 valence electrons. The third kappa shape index (κ3) is 4.65. The van der Waals surface area contributed by atoms with Crippen LogP contribution in [-0.4, -0.2) is 56.8 Å². The average molecular weight is 268 g/mol. The summed E-state index contributed by atoms with van der Waals surface area (Å²) in [6.45, 7) is 0.763. The molecule has 1 aromatic rings. The van der Waals surface area contributed by atoms with Crippen LogP contribution in [0.4, 0.5) is 0 Å². The zero-order valence-corrected chi connectivity index (χ0v) is 10.4. The predicted octanol–water partition coefficient (Wildman–Crippen LogP) is -0.0253. The standard InChI is InChI=1S/C10H14N2O.C2H2O4/c1-12-7-9(13)5-10(12)8-3-2-4-11-6-8;3-1(4)2(5)6/h2-4,6,9-10,13H,5,7H2,1H3;(H,3,4)(H,5,6)/t9?,10-;/m0./s1. The van der Waals surface area contributed by atoms with Crippen LogP contribution in [0.2, 0.25) is 0 Å². The monoisotopic (exact) mass is 268 g/mol. The number of carbonyl (C=O) groups is 2. The van der Waals surface area contributed by atoms with Gasteiger partial charge in [-0.15, -0.1) is 0 Å². The van der Waals surface area contributed by atoms with Gasteiger partial charge < -0.3 is 15.3 Å². The van der Waals surface area contributed by atoms with Crippen LogP contribution < -0.4 is 0 Å². The van der Waals surface area contributed by atoms with Crippen molar-refractivity contribution in [3.05, 3.63) is 30.1 Å². The molecule has 1 fully saturated rings. The molecule has 1 saturated heterocycles. The Bertz CT molecular complexity index is 425. The van der Waals surface area contributed by atoms with Crippen molar-refractivity contribution >= 4 is 11.9 Å². The number of aliphatic hydroxyl groups is 1. The molecule has 1 aliphatic rings. The SMILES string of the molecule is CN1CC(O)C[C@H]1c1cccnc1.O=C(O)C(=O)O. The maximum atomic E-state index is 9.47. The number of carboxylic acid groups (broad SMARTS) is 2. The van der Waals surface area contributed by atoms with Gasteiger partial charge in [-0.2, -0.15) is 0 Å². The molecule has 2 rings (SSSR count). The van der Waals surface area contributed by atoms with Crippen LogP contribution in [0, 0.1) is 0 Å². The van der Waals surface area contributed by atoms with Gasteiger partial charge in [-0.1, -0.05) is 6.07 Å². The molecular weight excluding hydrogens is 252 g/mol. The molecule has 0 bridgehead atoms. The van der Waals surface area contributed by atoms with E-state index in [-0.39, 0.29) is 6.10 Å². The molecule has 7 heteroatoms. The van der Waals surface area contributed by atoms with Crippen molar-refractivity contribution in [2.75, 3.05) is 13.6 Å². The number of aromatic nitrogens is 1. The number of aliphatic hydroxyl groups excluding tert-OH is 1. The second kappa shape index (κ2) is 6.81. The lowest BCUT2D eigenvalue weighted by Gasteiger charge is -2.18. The minimum absolute atomic E-state index is 0.185. The number of hydrogen-bond acceptors (Lipinski definition) is 5. The quantitative estimate of drug-likeness (QED) is 0.613. The van der Waals surface area contributed by atoms with Crippen LogP contribution in [-0.2, 0) is 9.59 Å². The number of likely N-dealkylation sites (tertiary alicyclic amines) is 1. The summed E-state index contributed by atoms with van der Waals surface area (Å²) in [5, 5.41) is 24.3. The molecule has 0 spiro atoms. The smallest absolute Gasteiger partial charge is 0.414 e. The molecule has 1 aliphatic heterocycles. The number of aliphatic carboxylic acids is 2. The van der Waals surface area contributed by atoms with Crippen molar-refractivity contribution in [3.8, 4) is 0 Å². The van der Waals surface area contributed by atoms with Gasteiger partial charge in [-0.25, -0.2) is 9.59 Å². The Morgan fingerprint density at radius 2 is 2.00 bits per heavy atom. The highest BCUT2D eigenvalue weighted by atomic mass is 16.4. The molecule has 3 N–H and O–H groups in total. The molecule has 0 saturated carbocycles. The van der Waals surface area contributed by atoms with Crippen molar-refractivity contribution in [2.24, 2.45) is 0 Å². The first kappa shape index (κ1) is 15.1. The van der Waals surface area contributed by atoms with Crippen LogP contribution in [0.15, 0.2) is 24.5 Å². The molecule has 7 nitrogen and oxygen atoms in total. The van der Waals surface area contributed by atoms with E-state index in [0.717, 1.165) is 13.0 Å². The van der Waals surface area contributed by atoms with Gasteiger partial charge in [0.1, 0.15) is 0 Å². The number of rotatable bonds is 1. The van der Waals surface area contributed by atoms with Crippen molar-refractivity contribution < 1.29 is 24.9 Å². The van der Waals surface area contributed by atoms with E-state index in [0.29, 0.717) is 6.04 Å². The Kier molecular flexibility index (Phi) is 5.40. The van der Waals surface area contributed by atoms with E-state index >= 15 is 0 Å². The Morgan fingerprint density at radius 1 is 1.37 bits per heavy atom. The summed E-state index contributed by atoms with van der Waals surface area (Å²) in [5.41, 5.74) is 1.20. The Balaban J connectivity index is 0.000000258. The number of nitrogens with zero attached hydrogens (tertiary/aromatic N) is 2. The zero-order valence-electron chi connectivity index (χ0n) is 10.4. The predicted molar refractivity (Wildman–Crippen MR) is 65.5 cm³/mol. The molecule has 0 aromatic carbocycles. The third-order valence-corrected chi connectivity index (χ3v) is 2.78. The molecule has 19 heavy (non-hydrogen) atoms. The number of pyridine rings is 1. The summed E-state index contributed by atoms with van der Waals surface area (Å²) in [4.78, 5) is 24.4. The van der Waals surface area contributed by atoms with Gasteiger partial charge in [-0.3, -0.25) is 9.88 Å². The Labute approximate surface area is 110 Å². The van der Waals surface area contributed by atoms with Gasteiger partial charge in [0.15, 0.2) is 0 Å². The Morgan fingerprint density at radius 3 is 2.37 bits per heavy atom. The molecule has 0 amide bonds. The lowest BCUT2D eigenvalue weighted by molar-refractivity contribution is -0.159. The minimum Gasteiger partial charge on any atom is -0.473 e. The summed E-state index contributed by atoms with van der Waals surface area (Å²) >= 11 is 0. The van der Waals surface area contributed by atoms with Crippen molar-refractivity contribution in [1.29, 1.82) is 0 Å². The van der Waals surface area contributed by atoms with Crippen LogP contribution in [0.1, 0.15) is 18.0 Å². The van der Waals surface area contributed by atoms with E-state index in [9.17, 15) is 5.11 Å².